The van der Waals surface area contributed by atoms with E-state index in [2.05, 4.69) is 16.0 Å². The Morgan fingerprint density at radius 3 is 2.33 bits per heavy atom. The molecule has 0 aromatic heterocycles. The largest absolute Gasteiger partial charge is 0.481 e. The number of rotatable bonds is 9. The van der Waals surface area contributed by atoms with Gasteiger partial charge in [0.05, 0.1) is 5.92 Å². The van der Waals surface area contributed by atoms with Crippen molar-refractivity contribution in [1.29, 1.82) is 0 Å². The molecule has 2 atom stereocenters. The van der Waals surface area contributed by atoms with Crippen molar-refractivity contribution in [3.05, 3.63) is 59.2 Å². The molecule has 1 aliphatic rings. The summed E-state index contributed by atoms with van der Waals surface area (Å²) in [6.45, 7) is 8.32. The summed E-state index contributed by atoms with van der Waals surface area (Å²) in [5.74, 6) is -2.31. The first-order valence-corrected chi connectivity index (χ1v) is 13.0. The molecule has 0 aliphatic carbocycles. The van der Waals surface area contributed by atoms with Gasteiger partial charge in [0.2, 0.25) is 11.8 Å². The van der Waals surface area contributed by atoms with Crippen LogP contribution in [-0.4, -0.2) is 52.7 Å². The number of benzene rings is 2. The van der Waals surface area contributed by atoms with E-state index in [1.165, 1.54) is 4.90 Å². The summed E-state index contributed by atoms with van der Waals surface area (Å²) in [6, 6.07) is 11.8. The van der Waals surface area contributed by atoms with E-state index < -0.39 is 30.2 Å². The highest BCUT2D eigenvalue weighted by atomic mass is 16.4. The quantitative estimate of drug-likeness (QED) is 0.281. The molecule has 208 valence electrons. The Morgan fingerprint density at radius 2 is 1.69 bits per heavy atom. The number of aliphatic carboxylic acids is 1. The predicted octanol–water partition coefficient (Wildman–Crippen LogP) is 4.05. The molecular formula is C29H36N4O6. The van der Waals surface area contributed by atoms with Gasteiger partial charge in [-0.15, -0.1) is 0 Å². The fraction of sp³-hybridized carbons (Fsp3) is 0.414. The minimum Gasteiger partial charge on any atom is -0.481 e. The maximum atomic E-state index is 12.8. The zero-order valence-corrected chi connectivity index (χ0v) is 22.7. The Hall–Kier alpha value is -4.21. The maximum Gasteiger partial charge on any atom is 0.323 e. The van der Waals surface area contributed by atoms with E-state index >= 15 is 0 Å². The van der Waals surface area contributed by atoms with Crippen molar-refractivity contribution in [1.82, 2.24) is 10.2 Å². The fourth-order valence-electron chi connectivity index (χ4n) is 4.66. The molecule has 10 nitrogen and oxygen atoms in total. The molecular weight excluding hydrogens is 500 g/mol. The lowest BCUT2D eigenvalue weighted by Gasteiger charge is -2.35. The Bertz CT molecular complexity index is 1240. The number of carboxylic acid groups (broad SMARTS) is 1. The fourth-order valence-corrected chi connectivity index (χ4v) is 4.66. The van der Waals surface area contributed by atoms with Crippen LogP contribution in [-0.2, 0) is 20.9 Å². The summed E-state index contributed by atoms with van der Waals surface area (Å²) >= 11 is 0. The molecule has 3 rings (SSSR count). The average molecular weight is 537 g/mol. The van der Waals surface area contributed by atoms with E-state index in [1.54, 1.807) is 49.4 Å². The summed E-state index contributed by atoms with van der Waals surface area (Å²) < 4.78 is 0. The van der Waals surface area contributed by atoms with E-state index in [1.807, 2.05) is 20.8 Å². The maximum absolute atomic E-state index is 12.8. The van der Waals surface area contributed by atoms with Crippen molar-refractivity contribution < 1.29 is 29.1 Å². The number of nitrogens with one attached hydrogen (secondary N) is 3. The molecule has 39 heavy (non-hydrogen) atoms. The number of hydrogen-bond acceptors (Lipinski definition) is 5. The van der Waals surface area contributed by atoms with Crippen molar-refractivity contribution >= 4 is 41.0 Å². The van der Waals surface area contributed by atoms with Crippen LogP contribution in [0.25, 0.3) is 0 Å². The monoisotopic (exact) mass is 536 g/mol. The lowest BCUT2D eigenvalue weighted by atomic mass is 9.89. The van der Waals surface area contributed by atoms with Gasteiger partial charge in [0, 0.05) is 42.5 Å². The number of likely N-dealkylation sites (tertiary alicyclic amines) is 1. The van der Waals surface area contributed by atoms with Gasteiger partial charge in [-0.2, -0.15) is 0 Å². The van der Waals surface area contributed by atoms with Crippen LogP contribution >= 0.6 is 0 Å². The molecule has 0 saturated carbocycles. The van der Waals surface area contributed by atoms with Crippen LogP contribution in [0.1, 0.15) is 55.1 Å². The molecule has 2 aromatic carbocycles. The van der Waals surface area contributed by atoms with Crippen LogP contribution < -0.4 is 16.0 Å². The smallest absolute Gasteiger partial charge is 0.323 e. The van der Waals surface area contributed by atoms with Crippen molar-refractivity contribution in [2.75, 3.05) is 23.7 Å². The number of urea groups is 1. The highest BCUT2D eigenvalue weighted by molar-refractivity contribution is 6.03. The Labute approximate surface area is 228 Å². The number of anilines is 2. The summed E-state index contributed by atoms with van der Waals surface area (Å²) in [4.78, 5) is 62.2. The number of carbonyl (C=O) groups is 5. The van der Waals surface area contributed by atoms with Crippen LogP contribution in [0.2, 0.25) is 0 Å². The van der Waals surface area contributed by atoms with E-state index in [0.29, 0.717) is 35.5 Å². The molecule has 4 amide bonds. The Kier molecular flexibility index (Phi) is 9.81. The van der Waals surface area contributed by atoms with E-state index in [0.717, 1.165) is 5.56 Å². The van der Waals surface area contributed by atoms with Crippen LogP contribution in [0.15, 0.2) is 42.5 Å². The molecule has 0 bridgehead atoms. The van der Waals surface area contributed by atoms with Gasteiger partial charge in [0.25, 0.3) is 0 Å². The third-order valence-corrected chi connectivity index (χ3v) is 6.74. The van der Waals surface area contributed by atoms with Gasteiger partial charge in [0.1, 0.15) is 6.42 Å². The van der Waals surface area contributed by atoms with Crippen LogP contribution in [0.5, 0.6) is 0 Å². The second-order valence-electron chi connectivity index (χ2n) is 10.4. The van der Waals surface area contributed by atoms with E-state index in [4.69, 9.17) is 5.11 Å². The first kappa shape index (κ1) is 29.3. The second-order valence-corrected chi connectivity index (χ2v) is 10.4. The van der Waals surface area contributed by atoms with Crippen molar-refractivity contribution in [3.8, 4) is 0 Å². The van der Waals surface area contributed by atoms with Crippen LogP contribution in [0, 0.1) is 24.7 Å². The topological polar surface area (TPSA) is 145 Å². The van der Waals surface area contributed by atoms with Crippen LogP contribution in [0.4, 0.5) is 16.2 Å². The van der Waals surface area contributed by atoms with Crippen molar-refractivity contribution in [3.63, 3.8) is 0 Å². The van der Waals surface area contributed by atoms with Gasteiger partial charge in [-0.25, -0.2) is 4.79 Å². The first-order valence-electron chi connectivity index (χ1n) is 13.0. The molecule has 0 radical (unpaired) electrons. The lowest BCUT2D eigenvalue weighted by Crippen LogP contribution is -2.48. The molecule has 1 aliphatic heterocycles. The molecule has 1 unspecified atom stereocenters. The summed E-state index contributed by atoms with van der Waals surface area (Å²) in [5, 5.41) is 17.3. The zero-order chi connectivity index (χ0) is 28.7. The third kappa shape index (κ3) is 8.13. The van der Waals surface area contributed by atoms with Gasteiger partial charge in [0.15, 0.2) is 5.78 Å². The first-order chi connectivity index (χ1) is 18.4. The number of piperidine rings is 1. The zero-order valence-electron chi connectivity index (χ0n) is 22.7. The molecule has 0 spiro atoms. The van der Waals surface area contributed by atoms with Crippen LogP contribution in [0.3, 0.4) is 0 Å². The third-order valence-electron chi connectivity index (χ3n) is 6.74. The molecule has 1 fully saturated rings. The van der Waals surface area contributed by atoms with Gasteiger partial charge in [-0.05, 0) is 48.6 Å². The van der Waals surface area contributed by atoms with Crippen molar-refractivity contribution in [2.24, 2.45) is 17.8 Å². The van der Waals surface area contributed by atoms with E-state index in [9.17, 15) is 24.0 Å². The standard InChI is InChI=1S/C29H36N4O6/c1-17(2)27(37)23-6-5-7-24(19(23)4)32-29(39)31-22-10-8-20(9-11-22)14-30-28(38)21-12-18(3)15-33(16-21)25(34)13-26(35)36/h5-11,17-18,21H,12-16H2,1-4H3,(H,30,38)(H,35,36)(H2,31,32,39)/t18?,21-/m0/s1. The molecule has 1 heterocycles. The summed E-state index contributed by atoms with van der Waals surface area (Å²) in [6.07, 6.45) is 0.0396. The number of ketones is 1. The normalized spacial score (nSPS) is 16.9. The van der Waals surface area contributed by atoms with Gasteiger partial charge in [-0.1, -0.05) is 45.0 Å². The van der Waals surface area contributed by atoms with Gasteiger partial charge < -0.3 is 26.0 Å². The second kappa shape index (κ2) is 13.0. The minimum atomic E-state index is -1.18. The highest BCUT2D eigenvalue weighted by Crippen LogP contribution is 2.24. The van der Waals surface area contributed by atoms with Crippen molar-refractivity contribution in [2.45, 2.75) is 47.1 Å². The molecule has 10 heteroatoms. The number of carboxylic acids is 1. The number of amides is 4. The number of Topliss-reactive ketones (excluding diaryl/α,β-unsaturated/α-hetero) is 1. The lowest BCUT2D eigenvalue weighted by molar-refractivity contribution is -0.146. The number of nitrogens with zero attached hydrogens (tertiary/aromatic N) is 1. The molecule has 2 aromatic rings. The summed E-state index contributed by atoms with van der Waals surface area (Å²) in [7, 11) is 0. The number of hydrogen-bond donors (Lipinski definition) is 4. The molecule has 1 saturated heterocycles. The number of carbonyl (C=O) groups excluding carboxylic acids is 4. The Morgan fingerprint density at radius 1 is 1.00 bits per heavy atom. The minimum absolute atomic E-state index is 0.0150. The highest BCUT2D eigenvalue weighted by Gasteiger charge is 2.32. The predicted molar refractivity (Wildman–Crippen MR) is 147 cm³/mol. The average Bonchev–Trinajstić information content (AvgIpc) is 2.88. The van der Waals surface area contributed by atoms with Gasteiger partial charge >= 0.3 is 12.0 Å². The van der Waals surface area contributed by atoms with Gasteiger partial charge in [-0.3, -0.25) is 19.2 Å². The van der Waals surface area contributed by atoms with E-state index in [-0.39, 0.29) is 36.6 Å². The molecule has 4 N–H and O–H groups in total. The Balaban J connectivity index is 1.52. The summed E-state index contributed by atoms with van der Waals surface area (Å²) in [5.41, 5.74) is 3.23. The SMILES string of the molecule is Cc1c(NC(=O)Nc2ccc(CNC(=O)[C@H]3CC(C)CN(C(=O)CC(=O)O)C3)cc2)cccc1C(=O)C(C)C.